The topological polar surface area (TPSA) is 88.5 Å². The van der Waals surface area contributed by atoms with Crippen LogP contribution < -0.4 is 14.2 Å². The molecule has 1 N–H and O–H groups in total. The van der Waals surface area contributed by atoms with Crippen molar-refractivity contribution in [3.05, 3.63) is 94.6 Å². The number of likely N-dealkylation sites (N-methyl/N-ethyl adjacent to an activating group) is 1. The third kappa shape index (κ3) is 6.94. The fraction of sp³-hybridized carbons (Fsp3) is 0.353. The number of carbonyl (C=O) groups excluding carboxylic acids is 2. The summed E-state index contributed by atoms with van der Waals surface area (Å²) in [6.45, 7) is 5.80. The lowest BCUT2D eigenvalue weighted by Crippen LogP contribution is -2.35. The number of Topliss-reactive ketones (excluding diaryl/α,β-unsaturated/α-hetero) is 1. The van der Waals surface area contributed by atoms with Gasteiger partial charge in [0.1, 0.15) is 18.1 Å². The van der Waals surface area contributed by atoms with Gasteiger partial charge in [-0.15, -0.1) is 0 Å². The number of rotatable bonds is 13. The molecule has 1 aliphatic rings. The highest BCUT2D eigenvalue weighted by Crippen LogP contribution is 2.42. The van der Waals surface area contributed by atoms with Gasteiger partial charge in [0.15, 0.2) is 11.5 Å². The van der Waals surface area contributed by atoms with E-state index in [0.29, 0.717) is 48.9 Å². The number of likely N-dealkylation sites (tertiary alicyclic amines) is 1. The molecule has 1 heterocycles. The Morgan fingerprint density at radius 1 is 0.952 bits per heavy atom. The molecule has 0 bridgehead atoms. The number of unbranched alkanes of at least 4 members (excludes halogenated alkanes) is 1. The van der Waals surface area contributed by atoms with E-state index in [9.17, 15) is 14.7 Å². The Morgan fingerprint density at radius 3 is 2.36 bits per heavy atom. The maximum absolute atomic E-state index is 13.5. The summed E-state index contributed by atoms with van der Waals surface area (Å²) >= 11 is 0. The number of carbonyl (C=O) groups is 2. The van der Waals surface area contributed by atoms with Crippen LogP contribution in [0.3, 0.4) is 0 Å². The first kappa shape index (κ1) is 30.7. The largest absolute Gasteiger partial charge is 0.507 e. The van der Waals surface area contributed by atoms with Crippen LogP contribution in [-0.2, 0) is 16.2 Å². The summed E-state index contributed by atoms with van der Waals surface area (Å²) in [5.74, 6) is 0.121. The fourth-order valence-electron chi connectivity index (χ4n) is 4.91. The minimum Gasteiger partial charge on any atom is -0.507 e. The number of amides is 1. The van der Waals surface area contributed by atoms with Crippen molar-refractivity contribution >= 4 is 17.4 Å². The summed E-state index contributed by atoms with van der Waals surface area (Å²) in [5, 5.41) is 11.5. The van der Waals surface area contributed by atoms with E-state index in [1.54, 1.807) is 37.4 Å². The van der Waals surface area contributed by atoms with Crippen LogP contribution in [0.5, 0.6) is 17.2 Å². The number of ether oxygens (including phenoxy) is 3. The first-order valence-electron chi connectivity index (χ1n) is 14.3. The van der Waals surface area contributed by atoms with E-state index in [4.69, 9.17) is 14.2 Å². The second kappa shape index (κ2) is 14.0. The molecule has 8 nitrogen and oxygen atoms in total. The summed E-state index contributed by atoms with van der Waals surface area (Å²) in [6, 6.07) is 19.6. The van der Waals surface area contributed by atoms with Crippen molar-refractivity contribution in [2.75, 3.05) is 40.9 Å². The molecule has 0 saturated carbocycles. The number of nitrogens with zero attached hydrogens (tertiary/aromatic N) is 2. The van der Waals surface area contributed by atoms with Gasteiger partial charge >= 0.3 is 0 Å². The van der Waals surface area contributed by atoms with Crippen LogP contribution in [0.2, 0.25) is 0 Å². The van der Waals surface area contributed by atoms with E-state index in [2.05, 4.69) is 6.92 Å². The highest BCUT2D eigenvalue weighted by atomic mass is 16.5. The number of aryl methyl sites for hydroxylation is 1. The van der Waals surface area contributed by atoms with Crippen molar-refractivity contribution in [2.24, 2.45) is 0 Å². The van der Waals surface area contributed by atoms with Crippen LogP contribution in [-0.4, -0.2) is 67.5 Å². The Hall–Kier alpha value is -4.30. The summed E-state index contributed by atoms with van der Waals surface area (Å²) in [6.07, 6.45) is 1.97. The lowest BCUT2D eigenvalue weighted by molar-refractivity contribution is -0.140. The van der Waals surface area contributed by atoms with Gasteiger partial charge in [-0.3, -0.25) is 9.59 Å². The summed E-state index contributed by atoms with van der Waals surface area (Å²) < 4.78 is 17.6. The van der Waals surface area contributed by atoms with Gasteiger partial charge in [0.05, 0.1) is 25.3 Å². The number of hydrogen-bond acceptors (Lipinski definition) is 7. The first-order valence-corrected chi connectivity index (χ1v) is 14.3. The maximum Gasteiger partial charge on any atom is 0.295 e. The van der Waals surface area contributed by atoms with Crippen LogP contribution in [0, 0.1) is 6.92 Å². The fourth-order valence-corrected chi connectivity index (χ4v) is 4.91. The smallest absolute Gasteiger partial charge is 0.295 e. The third-order valence-electron chi connectivity index (χ3n) is 7.27. The quantitative estimate of drug-likeness (QED) is 0.121. The van der Waals surface area contributed by atoms with Gasteiger partial charge < -0.3 is 29.1 Å². The molecule has 1 aliphatic heterocycles. The van der Waals surface area contributed by atoms with Crippen LogP contribution in [0.4, 0.5) is 0 Å². The van der Waals surface area contributed by atoms with Crippen LogP contribution in [0.1, 0.15) is 48.1 Å². The number of aliphatic hydroxyl groups excluding tert-OH is 1. The highest BCUT2D eigenvalue weighted by Gasteiger charge is 2.46. The maximum atomic E-state index is 13.5. The van der Waals surface area contributed by atoms with Gasteiger partial charge in [-0.2, -0.15) is 0 Å². The van der Waals surface area contributed by atoms with Crippen molar-refractivity contribution in [1.29, 1.82) is 0 Å². The molecule has 0 radical (unpaired) electrons. The van der Waals surface area contributed by atoms with Crippen molar-refractivity contribution in [1.82, 2.24) is 9.80 Å². The molecule has 1 fully saturated rings. The molecular weight excluding hydrogens is 532 g/mol. The lowest BCUT2D eigenvalue weighted by atomic mass is 9.94. The predicted molar refractivity (Wildman–Crippen MR) is 163 cm³/mol. The molecule has 1 amide bonds. The average molecular weight is 573 g/mol. The Kier molecular flexibility index (Phi) is 10.3. The number of ketones is 1. The zero-order valence-electron chi connectivity index (χ0n) is 25.1. The number of benzene rings is 3. The van der Waals surface area contributed by atoms with Crippen molar-refractivity contribution in [3.63, 3.8) is 0 Å². The molecular formula is C34H40N2O6. The van der Waals surface area contributed by atoms with Crippen molar-refractivity contribution in [2.45, 2.75) is 39.3 Å². The molecule has 1 unspecified atom stereocenters. The molecule has 0 aromatic heterocycles. The molecule has 0 aliphatic carbocycles. The third-order valence-corrected chi connectivity index (χ3v) is 7.27. The van der Waals surface area contributed by atoms with E-state index in [1.165, 1.54) is 4.90 Å². The molecule has 222 valence electrons. The minimum atomic E-state index is -0.803. The Balaban J connectivity index is 1.73. The Morgan fingerprint density at radius 2 is 1.69 bits per heavy atom. The highest BCUT2D eigenvalue weighted by molar-refractivity contribution is 6.46. The number of aliphatic hydroxyl groups is 1. The van der Waals surface area contributed by atoms with Gasteiger partial charge in [-0.1, -0.05) is 49.7 Å². The number of hydrogen-bond donors (Lipinski definition) is 1. The second-order valence-electron chi connectivity index (χ2n) is 10.7. The second-order valence-corrected chi connectivity index (χ2v) is 10.7. The summed E-state index contributed by atoms with van der Waals surface area (Å²) in [4.78, 5) is 30.3. The van der Waals surface area contributed by atoms with Crippen LogP contribution in [0.25, 0.3) is 5.76 Å². The monoisotopic (exact) mass is 572 g/mol. The van der Waals surface area contributed by atoms with E-state index < -0.39 is 17.7 Å². The number of methoxy groups -OCH3 is 1. The lowest BCUT2D eigenvalue weighted by Gasteiger charge is -2.27. The van der Waals surface area contributed by atoms with E-state index in [0.717, 1.165) is 29.7 Å². The Labute approximate surface area is 248 Å². The molecule has 0 spiro atoms. The summed E-state index contributed by atoms with van der Waals surface area (Å²) in [5.41, 5.74) is 2.96. The van der Waals surface area contributed by atoms with Gasteiger partial charge in [-0.05, 0) is 74.5 Å². The average Bonchev–Trinajstić information content (AvgIpc) is 3.24. The normalized spacial score (nSPS) is 16.2. The van der Waals surface area contributed by atoms with Gasteiger partial charge in [0.2, 0.25) is 0 Å². The van der Waals surface area contributed by atoms with Gasteiger partial charge in [0, 0.05) is 18.7 Å². The predicted octanol–water partition coefficient (Wildman–Crippen LogP) is 5.74. The molecule has 1 atom stereocenters. The molecule has 1 saturated heterocycles. The zero-order chi connectivity index (χ0) is 30.2. The van der Waals surface area contributed by atoms with E-state index >= 15 is 0 Å². The van der Waals surface area contributed by atoms with Crippen LogP contribution in [0.15, 0.2) is 72.3 Å². The van der Waals surface area contributed by atoms with Gasteiger partial charge in [0.25, 0.3) is 11.7 Å². The Bertz CT molecular complexity index is 1430. The standard InChI is InChI=1S/C34H40N2O6/c1-6-7-19-41-27-15-14-26(20-23(27)2)32(37)30-31(36(18-17-35(3)4)34(39)33(30)38)25-13-16-28(29(21-25)40-5)42-22-24-11-9-8-10-12-24/h8-16,20-21,31,37H,6-7,17-19,22H2,1-5H3. The van der Waals surface area contributed by atoms with Gasteiger partial charge in [-0.25, -0.2) is 0 Å². The molecule has 3 aromatic rings. The molecule has 42 heavy (non-hydrogen) atoms. The molecule has 3 aromatic carbocycles. The molecule has 8 heteroatoms. The van der Waals surface area contributed by atoms with Crippen molar-refractivity contribution in [3.8, 4) is 17.2 Å². The minimum absolute atomic E-state index is 0.0396. The zero-order valence-corrected chi connectivity index (χ0v) is 25.1. The van der Waals surface area contributed by atoms with Crippen molar-refractivity contribution < 1.29 is 28.9 Å². The SMILES string of the molecule is CCCCOc1ccc(C(O)=C2C(=O)C(=O)N(CCN(C)C)C2c2ccc(OCc3ccccc3)c(OC)c2)cc1C. The molecule has 4 rings (SSSR count). The first-order chi connectivity index (χ1) is 20.2. The van der Waals surface area contributed by atoms with Crippen LogP contribution >= 0.6 is 0 Å². The van der Waals surface area contributed by atoms with E-state index in [1.807, 2.05) is 62.3 Å². The van der Waals surface area contributed by atoms with E-state index in [-0.39, 0.29) is 11.3 Å². The summed E-state index contributed by atoms with van der Waals surface area (Å²) in [7, 11) is 5.35.